The zero-order chi connectivity index (χ0) is 39.7. The molecule has 25 heteroatoms. The van der Waals surface area contributed by atoms with Gasteiger partial charge in [0.25, 0.3) is 5.79 Å². The minimum Gasteiger partial charge on any atom is -0.477 e. The molecule has 0 aromatic heterocycles. The molecule has 4 aliphatic heterocycles. The highest BCUT2D eigenvalue weighted by Crippen LogP contribution is 2.37. The second kappa shape index (κ2) is 18.2. The molecule has 0 aliphatic carbocycles. The van der Waals surface area contributed by atoms with Crippen LogP contribution in [0.1, 0.15) is 6.42 Å². The smallest absolute Gasteiger partial charge is 0.364 e. The number of rotatable bonds is 14. The summed E-state index contributed by atoms with van der Waals surface area (Å²) >= 11 is 0. The molecule has 310 valence electrons. The molecule has 4 aliphatic rings. The Hall–Kier alpha value is -1.45. The predicted molar refractivity (Wildman–Crippen MR) is 157 cm³/mol. The maximum atomic E-state index is 11.6. The van der Waals surface area contributed by atoms with Crippen molar-refractivity contribution in [3.8, 4) is 0 Å². The lowest BCUT2D eigenvalue weighted by Gasteiger charge is -2.50. The van der Waals surface area contributed by atoms with Crippen molar-refractivity contribution in [2.45, 2.75) is 141 Å². The van der Waals surface area contributed by atoms with Gasteiger partial charge in [0.2, 0.25) is 0 Å². The van der Waals surface area contributed by atoms with Gasteiger partial charge in [0, 0.05) is 6.42 Å². The third kappa shape index (κ3) is 9.08. The first-order valence-electron chi connectivity index (χ1n) is 16.3. The molecule has 0 saturated carbocycles. The second-order valence-corrected chi connectivity index (χ2v) is 13.1. The van der Waals surface area contributed by atoms with E-state index in [1.165, 1.54) is 0 Å². The fourth-order valence-electron chi connectivity index (χ4n) is 6.42. The Bertz CT molecular complexity index is 1170. The van der Waals surface area contributed by atoms with Gasteiger partial charge < -0.3 is 120 Å². The summed E-state index contributed by atoms with van der Waals surface area (Å²) in [4.78, 5) is 11.6. The number of carboxylic acids is 1. The van der Waals surface area contributed by atoms with E-state index in [2.05, 4.69) is 0 Å². The summed E-state index contributed by atoms with van der Waals surface area (Å²) in [5.41, 5.74) is 0. The number of aliphatic carboxylic acids is 1. The maximum absolute atomic E-state index is 11.6. The predicted octanol–water partition coefficient (Wildman–Crippen LogP) is -11.2. The van der Waals surface area contributed by atoms with E-state index >= 15 is 0 Å². The van der Waals surface area contributed by atoms with Crippen molar-refractivity contribution in [3.63, 3.8) is 0 Å². The van der Waals surface area contributed by atoms with Crippen LogP contribution in [0.3, 0.4) is 0 Å². The standard InChI is InChI=1S/C28H48O25/c29-2-7(34)18-15(41)23(16(42)25(48-18)50-20-6(33)1-28(46,27(44)45)53-21(20)9(36)4-31)52-26-17(43)22(14(40)19(49-26)8(35)3-30)51-24-13(39)12(38)11(37)10(5-32)47-24/h6-26,29-43,46H,1-5H2,(H,44,45)/t6-,7+,8+,9-,10-,11-,12+,13-,14-,15-,16+,17+,18-,19-,20-,21-,22+,23+,24-,25-,26-,28?/m1/s1. The third-order valence-electron chi connectivity index (χ3n) is 9.44. The van der Waals surface area contributed by atoms with Gasteiger partial charge in [0.15, 0.2) is 18.9 Å². The number of aliphatic hydroxyl groups is 16. The molecule has 0 amide bonds. The monoisotopic (exact) mass is 784 g/mol. The van der Waals surface area contributed by atoms with E-state index in [9.17, 15) is 91.6 Å². The highest BCUT2D eigenvalue weighted by molar-refractivity contribution is 5.75. The topological polar surface area (TPSA) is 426 Å². The van der Waals surface area contributed by atoms with Crippen molar-refractivity contribution < 1.29 is 125 Å². The summed E-state index contributed by atoms with van der Waals surface area (Å²) in [5, 5.41) is 175. The van der Waals surface area contributed by atoms with Gasteiger partial charge in [-0.05, 0) is 0 Å². The molecular formula is C28H48O25. The quantitative estimate of drug-likeness (QED) is 0.0777. The molecule has 1 unspecified atom stereocenters. The molecule has 4 fully saturated rings. The number of hydrogen-bond acceptors (Lipinski definition) is 24. The number of carbonyl (C=O) groups is 1. The Morgan fingerprint density at radius 1 is 0.585 bits per heavy atom. The highest BCUT2D eigenvalue weighted by atomic mass is 16.8. The first-order chi connectivity index (χ1) is 24.8. The van der Waals surface area contributed by atoms with Crippen molar-refractivity contribution in [3.05, 3.63) is 0 Å². The molecule has 0 radical (unpaired) electrons. The lowest BCUT2D eigenvalue weighted by atomic mass is 9.91. The average Bonchev–Trinajstić information content (AvgIpc) is 3.13. The molecule has 0 bridgehead atoms. The minimum atomic E-state index is -3.09. The summed E-state index contributed by atoms with van der Waals surface area (Å²) in [7, 11) is 0. The molecule has 4 rings (SSSR count). The van der Waals surface area contributed by atoms with Crippen molar-refractivity contribution in [1.29, 1.82) is 0 Å². The SMILES string of the molecule is O=C(O)C1(O)C[C@@H](O)[C@@H](O[C@H]2O[C@H]([C@@H](O)CO)[C@@H](O)[C@H](O[C@H]3O[C@H]([C@@H](O)CO)[C@@H](O)[C@H](O[C@H]4O[C@H](CO)[C@@H](O)[C@H](O)[C@H]4O)[C@@H]3O)[C@@H]2O)[C@@H]([C@H](O)CO)O1. The number of carboxylic acid groups (broad SMARTS) is 1. The van der Waals surface area contributed by atoms with Gasteiger partial charge in [-0.15, -0.1) is 0 Å². The van der Waals surface area contributed by atoms with Crippen LogP contribution in [0.15, 0.2) is 0 Å². The lowest BCUT2D eigenvalue weighted by molar-refractivity contribution is -0.395. The van der Waals surface area contributed by atoms with E-state index in [1.54, 1.807) is 0 Å². The van der Waals surface area contributed by atoms with Crippen LogP contribution in [0.2, 0.25) is 0 Å². The fraction of sp³-hybridized carbons (Fsp3) is 0.964. The summed E-state index contributed by atoms with van der Waals surface area (Å²) in [6, 6.07) is 0. The van der Waals surface area contributed by atoms with Gasteiger partial charge in [-0.3, -0.25) is 0 Å². The molecule has 0 spiro atoms. The van der Waals surface area contributed by atoms with E-state index in [0.717, 1.165) is 0 Å². The number of aliphatic hydroxyl groups excluding tert-OH is 15. The van der Waals surface area contributed by atoms with E-state index in [-0.39, 0.29) is 0 Å². The second-order valence-electron chi connectivity index (χ2n) is 13.1. The van der Waals surface area contributed by atoms with Crippen LogP contribution in [0.5, 0.6) is 0 Å². The molecule has 53 heavy (non-hydrogen) atoms. The van der Waals surface area contributed by atoms with Crippen LogP contribution in [0, 0.1) is 0 Å². The zero-order valence-corrected chi connectivity index (χ0v) is 27.5. The molecule has 0 aromatic rings. The molecule has 17 N–H and O–H groups in total. The van der Waals surface area contributed by atoms with Gasteiger partial charge in [0.1, 0.15) is 104 Å². The van der Waals surface area contributed by atoms with E-state index in [1.807, 2.05) is 0 Å². The van der Waals surface area contributed by atoms with Gasteiger partial charge in [0.05, 0.1) is 32.5 Å². The Morgan fingerprint density at radius 2 is 1.00 bits per heavy atom. The first-order valence-corrected chi connectivity index (χ1v) is 16.3. The van der Waals surface area contributed by atoms with E-state index < -0.39 is 173 Å². The molecule has 4 heterocycles. The summed E-state index contributed by atoms with van der Waals surface area (Å²) in [6.45, 7) is -4.20. The Morgan fingerprint density at radius 3 is 1.42 bits per heavy atom. The normalized spacial score (nSPS) is 48.5. The van der Waals surface area contributed by atoms with E-state index in [4.69, 9.17) is 33.2 Å². The largest absolute Gasteiger partial charge is 0.477 e. The van der Waals surface area contributed by atoms with Gasteiger partial charge in [-0.1, -0.05) is 0 Å². The Kier molecular flexibility index (Phi) is 15.2. The van der Waals surface area contributed by atoms with Gasteiger partial charge >= 0.3 is 5.97 Å². The van der Waals surface area contributed by atoms with Crippen LogP contribution >= 0.6 is 0 Å². The molecule has 25 nitrogen and oxygen atoms in total. The first kappa shape index (κ1) is 44.3. The van der Waals surface area contributed by atoms with Gasteiger partial charge in [-0.25, -0.2) is 4.79 Å². The fourth-order valence-corrected chi connectivity index (χ4v) is 6.42. The molecular weight excluding hydrogens is 736 g/mol. The highest BCUT2D eigenvalue weighted by Gasteiger charge is 2.58. The van der Waals surface area contributed by atoms with Crippen LogP contribution in [-0.4, -0.2) is 254 Å². The molecule has 0 aromatic carbocycles. The minimum absolute atomic E-state index is 0.894. The van der Waals surface area contributed by atoms with Crippen LogP contribution in [0.4, 0.5) is 0 Å². The summed E-state index contributed by atoms with van der Waals surface area (Å²) < 4.78 is 37.9. The Balaban J connectivity index is 1.63. The number of hydrogen-bond donors (Lipinski definition) is 17. The number of ether oxygens (including phenoxy) is 7. The third-order valence-corrected chi connectivity index (χ3v) is 9.44. The van der Waals surface area contributed by atoms with Crippen LogP contribution in [0.25, 0.3) is 0 Å². The van der Waals surface area contributed by atoms with Crippen molar-refractivity contribution >= 4 is 5.97 Å². The van der Waals surface area contributed by atoms with Crippen molar-refractivity contribution in [2.24, 2.45) is 0 Å². The summed E-state index contributed by atoms with van der Waals surface area (Å²) in [5.74, 6) is -5.08. The Labute approximate surface area is 298 Å². The lowest BCUT2D eigenvalue weighted by Crippen LogP contribution is -2.69. The van der Waals surface area contributed by atoms with Crippen LogP contribution < -0.4 is 0 Å². The zero-order valence-electron chi connectivity index (χ0n) is 27.5. The van der Waals surface area contributed by atoms with E-state index in [0.29, 0.717) is 0 Å². The van der Waals surface area contributed by atoms with Crippen LogP contribution in [-0.2, 0) is 38.0 Å². The van der Waals surface area contributed by atoms with Crippen molar-refractivity contribution in [2.75, 3.05) is 26.4 Å². The molecule has 22 atom stereocenters. The average molecular weight is 785 g/mol. The molecule has 4 saturated heterocycles. The maximum Gasteiger partial charge on any atom is 0.364 e. The van der Waals surface area contributed by atoms with Gasteiger partial charge in [-0.2, -0.15) is 0 Å². The summed E-state index contributed by atoms with van der Waals surface area (Å²) in [6.07, 6.45) is -43.8. The van der Waals surface area contributed by atoms with Crippen molar-refractivity contribution in [1.82, 2.24) is 0 Å².